The summed E-state index contributed by atoms with van der Waals surface area (Å²) in [6, 6.07) is 47.9. The number of hydrogen-bond donors (Lipinski definition) is 0. The Morgan fingerprint density at radius 3 is 2.09 bits per heavy atom. The predicted octanol–water partition coefficient (Wildman–Crippen LogP) is 14.7. The standard InChI is InChI=1S/C57H49N3OSe2.Pt/c1-55(2,3)32-33-14-17-40-34(26-33)15-18-43-44-23-25-59-51(54(44)63-52(40)43)35-27-37(57(7,8)9)29-39(28-35)61-38-16-19-45-47(31-38)60(49-30-36(22-24-58-49)56(4,5)6)46-21-20-42-41-12-10-11-13-48(41)62-53(42)50(45)46;/h10-27,29-30H,32H2,1-9H3;/q-2;+2. The third-order valence-corrected chi connectivity index (χ3v) is 17.5. The summed E-state index contributed by atoms with van der Waals surface area (Å²) in [6.45, 7) is 20.5. The van der Waals surface area contributed by atoms with E-state index in [9.17, 15) is 0 Å². The van der Waals surface area contributed by atoms with Gasteiger partial charge < -0.3 is 0 Å². The minimum Gasteiger partial charge on any atom is 2.00 e. The Morgan fingerprint density at radius 2 is 1.30 bits per heavy atom. The van der Waals surface area contributed by atoms with Gasteiger partial charge in [-0.2, -0.15) is 0 Å². The van der Waals surface area contributed by atoms with Gasteiger partial charge in [0.25, 0.3) is 0 Å². The summed E-state index contributed by atoms with van der Waals surface area (Å²) in [5.74, 6) is 2.17. The van der Waals surface area contributed by atoms with E-state index < -0.39 is 0 Å². The van der Waals surface area contributed by atoms with E-state index in [0.717, 1.165) is 39.9 Å². The van der Waals surface area contributed by atoms with E-state index >= 15 is 0 Å². The summed E-state index contributed by atoms with van der Waals surface area (Å²) in [6.07, 6.45) is 4.96. The monoisotopic (exact) mass is 1150 g/mol. The van der Waals surface area contributed by atoms with Crippen LogP contribution in [-0.2, 0) is 38.3 Å². The quantitative estimate of drug-likeness (QED) is 0.127. The molecule has 11 aromatic rings. The van der Waals surface area contributed by atoms with Crippen molar-refractivity contribution >= 4 is 100 Å². The first-order valence-electron chi connectivity index (χ1n) is 21.8. The Kier molecular flexibility index (Phi) is 10.6. The van der Waals surface area contributed by atoms with Gasteiger partial charge in [0.15, 0.2) is 0 Å². The minimum atomic E-state index is -0.140. The number of aromatic nitrogens is 3. The summed E-state index contributed by atoms with van der Waals surface area (Å²) in [4.78, 5) is 10.1. The summed E-state index contributed by atoms with van der Waals surface area (Å²) in [5.41, 5.74) is 7.88. The Morgan fingerprint density at radius 1 is 0.578 bits per heavy atom. The van der Waals surface area contributed by atoms with E-state index in [1.54, 1.807) is 0 Å². The molecule has 0 fully saturated rings. The number of fused-ring (bicyclic) bond motifs is 12. The van der Waals surface area contributed by atoms with Crippen LogP contribution in [-0.4, -0.2) is 43.5 Å². The molecule has 0 saturated carbocycles. The van der Waals surface area contributed by atoms with Crippen molar-refractivity contribution in [3.63, 3.8) is 0 Å². The Balaban J connectivity index is 0.00000484. The molecule has 64 heavy (non-hydrogen) atoms. The smallest absolute Gasteiger partial charge is 2.00 e. The molecule has 320 valence electrons. The number of benzene rings is 6. The van der Waals surface area contributed by atoms with Crippen LogP contribution in [0.15, 0.2) is 122 Å². The van der Waals surface area contributed by atoms with Crippen molar-refractivity contribution < 1.29 is 25.8 Å². The molecule has 0 aliphatic heterocycles. The predicted molar refractivity (Wildman–Crippen MR) is 268 cm³/mol. The maximum Gasteiger partial charge on any atom is 2.00 e. The molecule has 0 aliphatic rings. The van der Waals surface area contributed by atoms with E-state index in [2.05, 4.69) is 188 Å². The third kappa shape index (κ3) is 7.50. The van der Waals surface area contributed by atoms with E-state index in [1.807, 2.05) is 12.4 Å². The number of rotatable bonds is 5. The van der Waals surface area contributed by atoms with Crippen LogP contribution in [0.1, 0.15) is 79.0 Å². The van der Waals surface area contributed by atoms with Crippen LogP contribution >= 0.6 is 0 Å². The Labute approximate surface area is 401 Å². The van der Waals surface area contributed by atoms with Crippen LogP contribution in [0.3, 0.4) is 0 Å². The van der Waals surface area contributed by atoms with Gasteiger partial charge in [-0.05, 0) is 0 Å². The average molecular weight is 1150 g/mol. The second kappa shape index (κ2) is 15.7. The van der Waals surface area contributed by atoms with Crippen molar-refractivity contribution in [2.45, 2.75) is 79.6 Å². The molecule has 0 N–H and O–H groups in total. The first kappa shape index (κ1) is 43.1. The number of pyridine rings is 2. The van der Waals surface area contributed by atoms with E-state index in [4.69, 9.17) is 14.7 Å². The molecular weight excluding hydrogens is 1100 g/mol. The maximum absolute atomic E-state index is 6.91. The fourth-order valence-corrected chi connectivity index (χ4v) is 14.7. The molecule has 0 spiro atoms. The molecule has 4 nitrogen and oxygen atoms in total. The first-order chi connectivity index (χ1) is 30.1. The Hall–Kier alpha value is -4.79. The molecule has 0 amide bonds. The van der Waals surface area contributed by atoms with Gasteiger partial charge in [0.1, 0.15) is 0 Å². The van der Waals surface area contributed by atoms with Gasteiger partial charge in [-0.1, -0.05) is 0 Å². The molecule has 5 heterocycles. The van der Waals surface area contributed by atoms with Crippen molar-refractivity contribution in [1.82, 2.24) is 14.5 Å². The second-order valence-corrected chi connectivity index (χ2v) is 24.7. The van der Waals surface area contributed by atoms with Gasteiger partial charge in [-0.15, -0.1) is 0 Å². The van der Waals surface area contributed by atoms with Gasteiger partial charge in [-0.3, -0.25) is 0 Å². The van der Waals surface area contributed by atoms with Crippen molar-refractivity contribution in [2.24, 2.45) is 5.41 Å². The summed E-state index contributed by atoms with van der Waals surface area (Å²) in [5, 5.41) is 10.4. The van der Waals surface area contributed by atoms with Crippen LogP contribution in [0.5, 0.6) is 11.5 Å². The number of hydrogen-bond acceptors (Lipinski definition) is 3. The van der Waals surface area contributed by atoms with E-state index in [1.165, 1.54) is 71.4 Å². The van der Waals surface area contributed by atoms with Crippen LogP contribution in [0.25, 0.3) is 88.2 Å². The van der Waals surface area contributed by atoms with Crippen molar-refractivity contribution in [1.29, 1.82) is 0 Å². The van der Waals surface area contributed by atoms with Gasteiger partial charge in [0, 0.05) is 0 Å². The van der Waals surface area contributed by atoms with Crippen LogP contribution in [0, 0.1) is 17.5 Å². The summed E-state index contributed by atoms with van der Waals surface area (Å²) in [7, 11) is 0. The fraction of sp³-hybridized carbons (Fsp3) is 0.228. The zero-order valence-corrected chi connectivity index (χ0v) is 43.3. The van der Waals surface area contributed by atoms with Gasteiger partial charge in [0.2, 0.25) is 0 Å². The van der Waals surface area contributed by atoms with Gasteiger partial charge >= 0.3 is 404 Å². The maximum atomic E-state index is 6.91. The third-order valence-electron chi connectivity index (χ3n) is 12.4. The summed E-state index contributed by atoms with van der Waals surface area (Å²) < 4.78 is 14.8. The van der Waals surface area contributed by atoms with E-state index in [0.29, 0.717) is 11.5 Å². The molecule has 5 aromatic heterocycles. The average Bonchev–Trinajstić information content (AvgIpc) is 3.92. The number of nitrogens with zero attached hydrogens (tertiary/aromatic N) is 3. The van der Waals surface area contributed by atoms with Crippen LogP contribution in [0.2, 0.25) is 0 Å². The molecule has 0 bridgehead atoms. The normalized spacial score (nSPS) is 12.7. The fourth-order valence-electron chi connectivity index (χ4n) is 9.22. The molecular formula is C57H49N3OPtSe2. The Bertz CT molecular complexity index is 3650. The van der Waals surface area contributed by atoms with Crippen molar-refractivity contribution in [3.05, 3.63) is 150 Å². The van der Waals surface area contributed by atoms with Gasteiger partial charge in [-0.25, -0.2) is 0 Å². The molecule has 0 aliphatic carbocycles. The van der Waals surface area contributed by atoms with Crippen LogP contribution < -0.4 is 4.74 Å². The second-order valence-electron chi connectivity index (χ2n) is 20.4. The topological polar surface area (TPSA) is 39.9 Å². The number of ether oxygens (including phenoxy) is 1. The molecule has 0 unspecified atom stereocenters. The van der Waals surface area contributed by atoms with Gasteiger partial charge in [0.05, 0.1) is 0 Å². The van der Waals surface area contributed by atoms with E-state index in [-0.39, 0.29) is 66.3 Å². The van der Waals surface area contributed by atoms with Crippen LogP contribution in [0.4, 0.5) is 0 Å². The largest absolute Gasteiger partial charge is 2.00 e. The molecule has 11 rings (SSSR count). The van der Waals surface area contributed by atoms with Crippen molar-refractivity contribution in [3.8, 4) is 28.6 Å². The zero-order valence-electron chi connectivity index (χ0n) is 37.6. The molecule has 0 atom stereocenters. The molecule has 7 heteroatoms. The first-order valence-corrected chi connectivity index (χ1v) is 25.3. The zero-order chi connectivity index (χ0) is 43.6. The molecule has 0 radical (unpaired) electrons. The minimum absolute atomic E-state index is 0. The molecule has 6 aromatic carbocycles. The SMILES string of the molecule is CC(C)(C)Cc1ccc2c(ccc3c4ccnc(-c5[c-]c(Oc6[c-]c7c(cc6)c6c8[se]c9ccccc9c8ccc6n7-c6cc(C(C)(C)C)ccn6)cc(C(C)(C)C)c5)c4[se]c23)c1.[Pt+2]. The molecule has 0 saturated heterocycles. The summed E-state index contributed by atoms with van der Waals surface area (Å²) >= 11 is 0.246. The van der Waals surface area contributed by atoms with Crippen molar-refractivity contribution in [2.75, 3.05) is 0 Å².